The summed E-state index contributed by atoms with van der Waals surface area (Å²) in [4.78, 5) is 0. The molecule has 4 heteroatoms. The molecule has 0 aliphatic carbocycles. The molecular weight excluding hydrogens is 134 g/mol. The van der Waals surface area contributed by atoms with Gasteiger partial charge in [0.15, 0.2) is 0 Å². The zero-order valence-corrected chi connectivity index (χ0v) is 5.70. The summed E-state index contributed by atoms with van der Waals surface area (Å²) in [5, 5.41) is 29.8. The molecule has 60 valence electrons. The fourth-order valence-corrected chi connectivity index (χ4v) is 1.14. The standard InChI is InChI=1S/C6H13NO3/c8-3-4-1-7-2-5(9)6(4)10/h4-10H,1-3H2/t4-,5+,6+/m1/s1. The molecular formula is C6H13NO3. The van der Waals surface area contributed by atoms with Gasteiger partial charge in [-0.05, 0) is 0 Å². The minimum Gasteiger partial charge on any atom is -0.396 e. The Balaban J connectivity index is 2.42. The molecule has 1 heterocycles. The summed E-state index contributed by atoms with van der Waals surface area (Å²) in [7, 11) is 0. The van der Waals surface area contributed by atoms with E-state index >= 15 is 0 Å². The van der Waals surface area contributed by atoms with Gasteiger partial charge in [-0.25, -0.2) is 0 Å². The van der Waals surface area contributed by atoms with Crippen LogP contribution in [0.2, 0.25) is 0 Å². The third kappa shape index (κ3) is 1.46. The van der Waals surface area contributed by atoms with Crippen LogP contribution in [-0.4, -0.2) is 47.2 Å². The van der Waals surface area contributed by atoms with Crippen LogP contribution >= 0.6 is 0 Å². The van der Waals surface area contributed by atoms with E-state index < -0.39 is 12.2 Å². The van der Waals surface area contributed by atoms with Gasteiger partial charge in [0, 0.05) is 25.6 Å². The highest BCUT2D eigenvalue weighted by molar-refractivity contribution is 4.83. The number of rotatable bonds is 1. The van der Waals surface area contributed by atoms with Crippen molar-refractivity contribution in [3.05, 3.63) is 0 Å². The predicted molar refractivity (Wildman–Crippen MR) is 35.5 cm³/mol. The van der Waals surface area contributed by atoms with Crippen molar-refractivity contribution in [2.24, 2.45) is 5.92 Å². The van der Waals surface area contributed by atoms with Crippen molar-refractivity contribution < 1.29 is 15.3 Å². The van der Waals surface area contributed by atoms with Crippen LogP contribution in [0.15, 0.2) is 0 Å². The molecule has 0 radical (unpaired) electrons. The lowest BCUT2D eigenvalue weighted by Gasteiger charge is -2.30. The zero-order chi connectivity index (χ0) is 7.56. The van der Waals surface area contributed by atoms with Crippen LogP contribution in [0, 0.1) is 5.92 Å². The molecule has 0 spiro atoms. The quantitative estimate of drug-likeness (QED) is 0.343. The Hall–Kier alpha value is -0.160. The predicted octanol–water partition coefficient (Wildman–Crippen LogP) is -2.08. The van der Waals surface area contributed by atoms with Crippen LogP contribution in [0.1, 0.15) is 0 Å². The summed E-state index contributed by atoms with van der Waals surface area (Å²) in [5.41, 5.74) is 0. The summed E-state index contributed by atoms with van der Waals surface area (Å²) in [5.74, 6) is -0.219. The Labute approximate surface area is 59.5 Å². The van der Waals surface area contributed by atoms with Crippen molar-refractivity contribution in [2.45, 2.75) is 12.2 Å². The first-order valence-electron chi connectivity index (χ1n) is 3.43. The Morgan fingerprint density at radius 2 is 2.00 bits per heavy atom. The van der Waals surface area contributed by atoms with Crippen molar-refractivity contribution in [3.8, 4) is 0 Å². The van der Waals surface area contributed by atoms with Gasteiger partial charge >= 0.3 is 0 Å². The number of aliphatic hydroxyl groups excluding tert-OH is 3. The number of hydrogen-bond acceptors (Lipinski definition) is 4. The molecule has 0 unspecified atom stereocenters. The maximum absolute atomic E-state index is 9.19. The molecule has 10 heavy (non-hydrogen) atoms. The second kappa shape index (κ2) is 3.30. The van der Waals surface area contributed by atoms with E-state index in [1.54, 1.807) is 0 Å². The molecule has 0 saturated carbocycles. The second-order valence-electron chi connectivity index (χ2n) is 2.66. The maximum Gasteiger partial charge on any atom is 0.0927 e. The minimum absolute atomic E-state index is 0.0781. The molecule has 4 N–H and O–H groups in total. The van der Waals surface area contributed by atoms with E-state index in [2.05, 4.69) is 5.32 Å². The fourth-order valence-electron chi connectivity index (χ4n) is 1.14. The molecule has 0 amide bonds. The van der Waals surface area contributed by atoms with Gasteiger partial charge < -0.3 is 20.6 Å². The van der Waals surface area contributed by atoms with Crippen LogP contribution in [0.4, 0.5) is 0 Å². The number of β-amino-alcohol motifs (C(OH)–C–C–N with tert-alkyl or cyclic N) is 1. The third-order valence-corrected chi connectivity index (χ3v) is 1.87. The average Bonchev–Trinajstić information content (AvgIpc) is 1.95. The lowest BCUT2D eigenvalue weighted by molar-refractivity contribution is -0.0490. The smallest absolute Gasteiger partial charge is 0.0927 e. The summed E-state index contributed by atoms with van der Waals surface area (Å²) >= 11 is 0. The Bertz CT molecular complexity index is 109. The molecule has 1 saturated heterocycles. The van der Waals surface area contributed by atoms with Crippen LogP contribution < -0.4 is 5.32 Å². The number of hydrogen-bond donors (Lipinski definition) is 4. The van der Waals surface area contributed by atoms with Crippen molar-refractivity contribution in [3.63, 3.8) is 0 Å². The monoisotopic (exact) mass is 147 g/mol. The van der Waals surface area contributed by atoms with Crippen molar-refractivity contribution in [2.75, 3.05) is 19.7 Å². The van der Waals surface area contributed by atoms with Crippen LogP contribution in [-0.2, 0) is 0 Å². The fraction of sp³-hybridized carbons (Fsp3) is 1.00. The molecule has 0 aromatic rings. The van der Waals surface area contributed by atoms with Gasteiger partial charge in [-0.15, -0.1) is 0 Å². The van der Waals surface area contributed by atoms with Crippen molar-refractivity contribution >= 4 is 0 Å². The topological polar surface area (TPSA) is 72.7 Å². The zero-order valence-electron chi connectivity index (χ0n) is 5.70. The van der Waals surface area contributed by atoms with Gasteiger partial charge in [0.2, 0.25) is 0 Å². The largest absolute Gasteiger partial charge is 0.396 e. The highest BCUT2D eigenvalue weighted by Crippen LogP contribution is 2.10. The molecule has 1 aliphatic rings. The Kier molecular flexibility index (Phi) is 2.62. The van der Waals surface area contributed by atoms with E-state index in [0.717, 1.165) is 0 Å². The van der Waals surface area contributed by atoms with E-state index in [-0.39, 0.29) is 12.5 Å². The SMILES string of the molecule is OC[C@H]1CNC[C@H](O)[C@H]1O. The van der Waals surface area contributed by atoms with Gasteiger partial charge in [0.1, 0.15) is 0 Å². The van der Waals surface area contributed by atoms with E-state index in [1.807, 2.05) is 0 Å². The highest BCUT2D eigenvalue weighted by Gasteiger charge is 2.29. The number of nitrogens with one attached hydrogen (secondary N) is 1. The van der Waals surface area contributed by atoms with E-state index in [4.69, 9.17) is 10.2 Å². The molecule has 3 atom stereocenters. The number of piperidine rings is 1. The third-order valence-electron chi connectivity index (χ3n) is 1.87. The van der Waals surface area contributed by atoms with Gasteiger partial charge in [-0.3, -0.25) is 0 Å². The summed E-state index contributed by atoms with van der Waals surface area (Å²) in [6.45, 7) is 0.914. The normalized spacial score (nSPS) is 41.7. The van der Waals surface area contributed by atoms with E-state index in [0.29, 0.717) is 13.1 Å². The second-order valence-corrected chi connectivity index (χ2v) is 2.66. The summed E-state index contributed by atoms with van der Waals surface area (Å²) < 4.78 is 0. The van der Waals surface area contributed by atoms with Crippen LogP contribution in [0.3, 0.4) is 0 Å². The van der Waals surface area contributed by atoms with E-state index in [1.165, 1.54) is 0 Å². The molecule has 1 rings (SSSR count). The lowest BCUT2D eigenvalue weighted by atomic mass is 9.95. The van der Waals surface area contributed by atoms with Crippen molar-refractivity contribution in [1.29, 1.82) is 0 Å². The first kappa shape index (κ1) is 7.94. The van der Waals surface area contributed by atoms with E-state index in [9.17, 15) is 5.11 Å². The van der Waals surface area contributed by atoms with Gasteiger partial charge in [-0.2, -0.15) is 0 Å². The minimum atomic E-state index is -0.772. The molecule has 0 bridgehead atoms. The Morgan fingerprint density at radius 1 is 1.30 bits per heavy atom. The van der Waals surface area contributed by atoms with Gasteiger partial charge in [0.05, 0.1) is 12.2 Å². The maximum atomic E-state index is 9.19. The first-order chi connectivity index (χ1) is 4.75. The summed E-state index contributed by atoms with van der Waals surface area (Å²) in [6, 6.07) is 0. The molecule has 4 nitrogen and oxygen atoms in total. The van der Waals surface area contributed by atoms with Crippen LogP contribution in [0.25, 0.3) is 0 Å². The van der Waals surface area contributed by atoms with Gasteiger partial charge in [-0.1, -0.05) is 0 Å². The number of aliphatic hydroxyl groups is 3. The Morgan fingerprint density at radius 3 is 2.50 bits per heavy atom. The highest BCUT2D eigenvalue weighted by atomic mass is 16.3. The van der Waals surface area contributed by atoms with Crippen molar-refractivity contribution in [1.82, 2.24) is 5.32 Å². The molecule has 1 aliphatic heterocycles. The molecule has 0 aromatic carbocycles. The lowest BCUT2D eigenvalue weighted by Crippen LogP contribution is -2.51. The first-order valence-corrected chi connectivity index (χ1v) is 3.43. The summed E-state index contributed by atoms with van der Waals surface area (Å²) in [6.07, 6.45) is -1.50. The van der Waals surface area contributed by atoms with Crippen LogP contribution in [0.5, 0.6) is 0 Å². The average molecular weight is 147 g/mol. The van der Waals surface area contributed by atoms with Gasteiger partial charge in [0.25, 0.3) is 0 Å². The molecule has 0 aromatic heterocycles. The molecule has 1 fully saturated rings.